The highest BCUT2D eigenvalue weighted by atomic mass is 79.9. The zero-order valence-electron chi connectivity index (χ0n) is 15.4. The van der Waals surface area contributed by atoms with E-state index in [2.05, 4.69) is 26.7 Å². The van der Waals surface area contributed by atoms with Gasteiger partial charge in [-0.05, 0) is 55.0 Å². The number of halogens is 2. The first kappa shape index (κ1) is 19.5. The lowest BCUT2D eigenvalue weighted by Gasteiger charge is -2.37. The Balaban J connectivity index is 1.72. The summed E-state index contributed by atoms with van der Waals surface area (Å²) in [6.07, 6.45) is -0.559. The smallest absolute Gasteiger partial charge is 0.276 e. The quantitative estimate of drug-likeness (QED) is 0.544. The Morgan fingerprint density at radius 3 is 2.45 bits per heavy atom. The predicted octanol–water partition coefficient (Wildman–Crippen LogP) is 5.32. The Labute approximate surface area is 181 Å². The minimum absolute atomic E-state index is 0.336. The Hall–Kier alpha value is -2.83. The molecule has 1 aliphatic rings. The number of nitrogens with zero attached hydrogens (tertiary/aromatic N) is 1. The number of fused-ring (bicyclic) bond motifs is 1. The van der Waals surface area contributed by atoms with Gasteiger partial charge >= 0.3 is 0 Å². The highest BCUT2D eigenvalue weighted by Crippen LogP contribution is 2.33. The molecule has 146 valence electrons. The third-order valence-electron chi connectivity index (χ3n) is 4.70. The molecule has 5 nitrogen and oxygen atoms in total. The standard InChI is InChI=1S/C22H17BrClN3O2/c1-13-2-4-14(5-3-13)20-25-19-11-10-17(24)12-18(19)22(29)27(20)26-21(28)15-6-8-16(23)9-7-15/h2-12,20,25H,1H3,(H,26,28). The summed E-state index contributed by atoms with van der Waals surface area (Å²) in [7, 11) is 0. The van der Waals surface area contributed by atoms with E-state index in [1.54, 1.807) is 42.5 Å². The van der Waals surface area contributed by atoms with Crippen LogP contribution in [-0.4, -0.2) is 16.8 Å². The third kappa shape index (κ3) is 3.99. The number of nitrogens with one attached hydrogen (secondary N) is 2. The van der Waals surface area contributed by atoms with Crippen molar-refractivity contribution in [1.82, 2.24) is 10.4 Å². The summed E-state index contributed by atoms with van der Waals surface area (Å²) in [5.41, 5.74) is 6.22. The summed E-state index contributed by atoms with van der Waals surface area (Å²) in [4.78, 5) is 26.1. The minimum atomic E-state index is -0.559. The number of anilines is 1. The highest BCUT2D eigenvalue weighted by Gasteiger charge is 2.34. The molecule has 1 unspecified atom stereocenters. The first-order chi connectivity index (χ1) is 13.9. The SMILES string of the molecule is Cc1ccc(C2Nc3ccc(Cl)cc3C(=O)N2NC(=O)c2ccc(Br)cc2)cc1. The van der Waals surface area contributed by atoms with Crippen molar-refractivity contribution in [2.45, 2.75) is 13.1 Å². The summed E-state index contributed by atoms with van der Waals surface area (Å²) in [5.74, 6) is -0.715. The van der Waals surface area contributed by atoms with Gasteiger partial charge in [0.25, 0.3) is 11.8 Å². The summed E-state index contributed by atoms with van der Waals surface area (Å²) in [5, 5.41) is 5.09. The van der Waals surface area contributed by atoms with E-state index in [-0.39, 0.29) is 11.8 Å². The molecular weight excluding hydrogens is 454 g/mol. The van der Waals surface area contributed by atoms with Crippen LogP contribution in [0.15, 0.2) is 71.2 Å². The normalized spacial score (nSPS) is 15.5. The van der Waals surface area contributed by atoms with Crippen LogP contribution in [0.5, 0.6) is 0 Å². The summed E-state index contributed by atoms with van der Waals surface area (Å²) in [6, 6.07) is 19.8. The molecule has 0 radical (unpaired) electrons. The van der Waals surface area contributed by atoms with Crippen molar-refractivity contribution >= 4 is 45.0 Å². The maximum absolute atomic E-state index is 13.2. The maximum atomic E-state index is 13.2. The fraction of sp³-hybridized carbons (Fsp3) is 0.0909. The number of amides is 2. The van der Waals surface area contributed by atoms with Crippen LogP contribution < -0.4 is 10.7 Å². The van der Waals surface area contributed by atoms with Crippen LogP contribution in [0.1, 0.15) is 38.0 Å². The third-order valence-corrected chi connectivity index (χ3v) is 5.47. The van der Waals surface area contributed by atoms with Crippen LogP contribution in [0.3, 0.4) is 0 Å². The van der Waals surface area contributed by atoms with Crippen molar-refractivity contribution in [2.24, 2.45) is 0 Å². The van der Waals surface area contributed by atoms with Gasteiger partial charge in [-0.2, -0.15) is 0 Å². The van der Waals surface area contributed by atoms with Crippen LogP contribution in [0.25, 0.3) is 0 Å². The van der Waals surface area contributed by atoms with Gasteiger partial charge in [-0.1, -0.05) is 57.4 Å². The van der Waals surface area contributed by atoms with E-state index in [9.17, 15) is 9.59 Å². The molecule has 0 spiro atoms. The number of hydrazine groups is 1. The van der Waals surface area contributed by atoms with Gasteiger partial charge in [0, 0.05) is 20.7 Å². The topological polar surface area (TPSA) is 61.4 Å². The molecule has 1 aliphatic heterocycles. The second-order valence-electron chi connectivity index (χ2n) is 6.77. The highest BCUT2D eigenvalue weighted by molar-refractivity contribution is 9.10. The average molecular weight is 471 g/mol. The predicted molar refractivity (Wildman–Crippen MR) is 117 cm³/mol. The van der Waals surface area contributed by atoms with E-state index >= 15 is 0 Å². The van der Waals surface area contributed by atoms with Crippen LogP contribution in [-0.2, 0) is 0 Å². The van der Waals surface area contributed by atoms with Crippen molar-refractivity contribution in [3.8, 4) is 0 Å². The molecule has 2 amide bonds. The molecule has 7 heteroatoms. The summed E-state index contributed by atoms with van der Waals surface area (Å²) >= 11 is 9.44. The van der Waals surface area contributed by atoms with Crippen LogP contribution in [0, 0.1) is 6.92 Å². The monoisotopic (exact) mass is 469 g/mol. The van der Waals surface area contributed by atoms with E-state index in [4.69, 9.17) is 11.6 Å². The molecule has 0 fully saturated rings. The van der Waals surface area contributed by atoms with Gasteiger partial charge in [0.2, 0.25) is 0 Å². The molecule has 0 aliphatic carbocycles. The number of aryl methyl sites for hydroxylation is 1. The van der Waals surface area contributed by atoms with E-state index in [1.165, 1.54) is 5.01 Å². The molecule has 3 aromatic rings. The van der Waals surface area contributed by atoms with Crippen LogP contribution in [0.2, 0.25) is 5.02 Å². The molecule has 3 aromatic carbocycles. The van der Waals surface area contributed by atoms with Gasteiger partial charge < -0.3 is 5.32 Å². The fourth-order valence-electron chi connectivity index (χ4n) is 3.15. The van der Waals surface area contributed by atoms with E-state index < -0.39 is 6.17 Å². The molecule has 1 heterocycles. The van der Waals surface area contributed by atoms with Crippen molar-refractivity contribution < 1.29 is 9.59 Å². The molecule has 4 rings (SSSR count). The maximum Gasteiger partial charge on any atom is 0.276 e. The van der Waals surface area contributed by atoms with Gasteiger partial charge in [-0.3, -0.25) is 15.0 Å². The van der Waals surface area contributed by atoms with E-state index in [1.807, 2.05) is 31.2 Å². The average Bonchev–Trinajstić information content (AvgIpc) is 2.71. The molecule has 29 heavy (non-hydrogen) atoms. The lowest BCUT2D eigenvalue weighted by Crippen LogP contribution is -2.52. The Bertz CT molecular complexity index is 1080. The molecular formula is C22H17BrClN3O2. The second-order valence-corrected chi connectivity index (χ2v) is 8.12. The van der Waals surface area contributed by atoms with Crippen molar-refractivity contribution in [3.63, 3.8) is 0 Å². The first-order valence-corrected chi connectivity index (χ1v) is 10.1. The van der Waals surface area contributed by atoms with E-state index in [0.717, 1.165) is 15.6 Å². The number of hydrogen-bond donors (Lipinski definition) is 2. The van der Waals surface area contributed by atoms with Gasteiger partial charge in [0.05, 0.1) is 5.56 Å². The van der Waals surface area contributed by atoms with Gasteiger partial charge in [0.1, 0.15) is 6.17 Å². The Morgan fingerprint density at radius 1 is 1.07 bits per heavy atom. The van der Waals surface area contributed by atoms with E-state index in [0.29, 0.717) is 21.8 Å². The number of carbonyl (C=O) groups excluding carboxylic acids is 2. The van der Waals surface area contributed by atoms with Gasteiger partial charge in [-0.25, -0.2) is 5.01 Å². The first-order valence-electron chi connectivity index (χ1n) is 8.95. The van der Waals surface area contributed by atoms with Gasteiger partial charge in [0.15, 0.2) is 0 Å². The van der Waals surface area contributed by atoms with Crippen LogP contribution >= 0.6 is 27.5 Å². The number of benzene rings is 3. The lowest BCUT2D eigenvalue weighted by atomic mass is 10.0. The van der Waals surface area contributed by atoms with Gasteiger partial charge in [-0.15, -0.1) is 0 Å². The van der Waals surface area contributed by atoms with Crippen molar-refractivity contribution in [3.05, 3.63) is 98.5 Å². The van der Waals surface area contributed by atoms with Crippen molar-refractivity contribution in [1.29, 1.82) is 0 Å². The van der Waals surface area contributed by atoms with Crippen LogP contribution in [0.4, 0.5) is 5.69 Å². The second kappa shape index (κ2) is 7.89. The number of rotatable bonds is 3. The minimum Gasteiger partial charge on any atom is -0.359 e. The summed E-state index contributed by atoms with van der Waals surface area (Å²) in [6.45, 7) is 1.99. The number of hydrogen-bond acceptors (Lipinski definition) is 3. The molecule has 0 bridgehead atoms. The lowest BCUT2D eigenvalue weighted by molar-refractivity contribution is 0.0491. The zero-order chi connectivity index (χ0) is 20.5. The Morgan fingerprint density at radius 2 is 1.76 bits per heavy atom. The molecule has 1 atom stereocenters. The number of carbonyl (C=O) groups is 2. The molecule has 2 N–H and O–H groups in total. The van der Waals surface area contributed by atoms with Crippen molar-refractivity contribution in [2.75, 3.05) is 5.32 Å². The Kier molecular flexibility index (Phi) is 5.30. The summed E-state index contributed by atoms with van der Waals surface area (Å²) < 4.78 is 0.867. The fourth-order valence-corrected chi connectivity index (χ4v) is 3.59. The zero-order valence-corrected chi connectivity index (χ0v) is 17.8. The molecule has 0 aromatic heterocycles. The molecule has 0 saturated heterocycles. The molecule has 0 saturated carbocycles. The largest absolute Gasteiger partial charge is 0.359 e.